The number of halogens is 1. The first kappa shape index (κ1) is 16.9. The third kappa shape index (κ3) is 3.07. The fourth-order valence-electron chi connectivity index (χ4n) is 2.93. The molecule has 1 amide bonds. The van der Waals surface area contributed by atoms with Gasteiger partial charge >= 0.3 is 0 Å². The molecule has 1 heterocycles. The fraction of sp³-hybridized carbons (Fsp3) is 0. The Bertz CT molecular complexity index is 1260. The first-order valence-corrected chi connectivity index (χ1v) is 8.42. The molecule has 6 nitrogen and oxygen atoms in total. The molecule has 7 heteroatoms. The Morgan fingerprint density at radius 3 is 2.44 bits per heavy atom. The average molecular weight is 380 g/mol. The van der Waals surface area contributed by atoms with Crippen LogP contribution >= 0.6 is 11.6 Å². The molecule has 3 aromatic carbocycles. The highest BCUT2D eigenvalue weighted by molar-refractivity contribution is 6.34. The minimum atomic E-state index is -0.387. The molecule has 4 aromatic rings. The number of fused-ring (bicyclic) bond motifs is 2. The van der Waals surface area contributed by atoms with Crippen LogP contribution in [0.15, 0.2) is 63.8 Å². The number of carbonyl (C=O) groups excluding carboxylic acids is 1. The van der Waals surface area contributed by atoms with Gasteiger partial charge in [0, 0.05) is 22.6 Å². The highest BCUT2D eigenvalue weighted by Crippen LogP contribution is 2.26. The van der Waals surface area contributed by atoms with E-state index in [1.165, 1.54) is 12.1 Å². The number of benzene rings is 3. The van der Waals surface area contributed by atoms with Gasteiger partial charge in [0.25, 0.3) is 5.91 Å². The topological polar surface area (TPSA) is 111 Å². The van der Waals surface area contributed by atoms with Crippen molar-refractivity contribution in [3.63, 3.8) is 0 Å². The van der Waals surface area contributed by atoms with Crippen LogP contribution in [-0.2, 0) is 0 Å². The summed E-state index contributed by atoms with van der Waals surface area (Å²) < 4.78 is 5.76. The molecular formula is C20H14ClN3O3. The monoisotopic (exact) mass is 379 g/mol. The van der Waals surface area contributed by atoms with Crippen LogP contribution in [0.2, 0.25) is 5.02 Å². The lowest BCUT2D eigenvalue weighted by atomic mass is 10.1. The van der Waals surface area contributed by atoms with E-state index in [1.54, 1.807) is 42.5 Å². The van der Waals surface area contributed by atoms with Crippen molar-refractivity contribution in [2.45, 2.75) is 0 Å². The summed E-state index contributed by atoms with van der Waals surface area (Å²) in [6.45, 7) is 0. The van der Waals surface area contributed by atoms with Gasteiger partial charge < -0.3 is 21.2 Å². The zero-order valence-corrected chi connectivity index (χ0v) is 14.7. The third-order valence-electron chi connectivity index (χ3n) is 4.15. The number of anilines is 3. The molecule has 0 bridgehead atoms. The lowest BCUT2D eigenvalue weighted by molar-refractivity contribution is 0.102. The van der Waals surface area contributed by atoms with Crippen LogP contribution in [0.1, 0.15) is 10.4 Å². The summed E-state index contributed by atoms with van der Waals surface area (Å²) in [4.78, 5) is 25.2. The van der Waals surface area contributed by atoms with Gasteiger partial charge in [0.1, 0.15) is 5.58 Å². The predicted molar refractivity (Wildman–Crippen MR) is 108 cm³/mol. The van der Waals surface area contributed by atoms with E-state index >= 15 is 0 Å². The Morgan fingerprint density at radius 2 is 1.70 bits per heavy atom. The maximum atomic E-state index is 12.8. The van der Waals surface area contributed by atoms with Crippen LogP contribution in [0.25, 0.3) is 21.9 Å². The van der Waals surface area contributed by atoms with E-state index in [0.29, 0.717) is 49.6 Å². The molecule has 0 aliphatic heterocycles. The fourth-order valence-corrected chi connectivity index (χ4v) is 3.14. The Hall–Kier alpha value is -3.51. The van der Waals surface area contributed by atoms with Crippen molar-refractivity contribution in [3.8, 4) is 0 Å². The summed E-state index contributed by atoms with van der Waals surface area (Å²) in [5, 5.41) is 3.82. The highest BCUT2D eigenvalue weighted by Gasteiger charge is 2.12. The Labute approximate surface area is 158 Å². The maximum Gasteiger partial charge on any atom is 0.255 e. The number of para-hydroxylation sites is 1. The number of hydrogen-bond donors (Lipinski definition) is 3. The zero-order valence-electron chi connectivity index (χ0n) is 14.0. The molecule has 0 unspecified atom stereocenters. The van der Waals surface area contributed by atoms with E-state index in [4.69, 9.17) is 27.5 Å². The molecule has 27 heavy (non-hydrogen) atoms. The van der Waals surface area contributed by atoms with Crippen LogP contribution in [0.5, 0.6) is 0 Å². The molecule has 134 valence electrons. The van der Waals surface area contributed by atoms with Crippen LogP contribution in [0.3, 0.4) is 0 Å². The summed E-state index contributed by atoms with van der Waals surface area (Å²) >= 11 is 6.11. The number of rotatable bonds is 2. The van der Waals surface area contributed by atoms with E-state index < -0.39 is 0 Å². The Balaban J connectivity index is 1.77. The van der Waals surface area contributed by atoms with E-state index in [2.05, 4.69) is 5.32 Å². The van der Waals surface area contributed by atoms with Crippen LogP contribution in [0.4, 0.5) is 17.1 Å². The lowest BCUT2D eigenvalue weighted by Gasteiger charge is -2.08. The SMILES string of the molecule is Nc1cc(N)cc(C(=O)Nc2ccc3oc4c(Cl)cccc4c(=O)c3c2)c1. The molecule has 0 spiro atoms. The summed E-state index contributed by atoms with van der Waals surface area (Å²) in [7, 11) is 0. The molecule has 5 N–H and O–H groups in total. The normalized spacial score (nSPS) is 11.0. The predicted octanol–water partition coefficient (Wildman–Crippen LogP) is 4.02. The van der Waals surface area contributed by atoms with Crippen molar-refractivity contribution < 1.29 is 9.21 Å². The van der Waals surface area contributed by atoms with Crippen molar-refractivity contribution in [3.05, 3.63) is 75.4 Å². The standard InChI is InChI=1S/C20H14ClN3O3/c21-16-3-1-2-14-18(25)15-9-13(4-5-17(15)27-19(14)16)24-20(26)10-6-11(22)8-12(23)7-10/h1-9H,22-23H2,(H,24,26). The number of hydrogen-bond acceptors (Lipinski definition) is 5. The lowest BCUT2D eigenvalue weighted by Crippen LogP contribution is -2.13. The molecular weight excluding hydrogens is 366 g/mol. The number of nitrogens with two attached hydrogens (primary N) is 2. The molecule has 1 aromatic heterocycles. The molecule has 0 aliphatic carbocycles. The van der Waals surface area contributed by atoms with Crippen molar-refractivity contribution in [1.29, 1.82) is 0 Å². The van der Waals surface area contributed by atoms with Crippen LogP contribution in [-0.4, -0.2) is 5.91 Å². The maximum absolute atomic E-state index is 12.8. The molecule has 0 fully saturated rings. The molecule has 0 radical (unpaired) electrons. The van der Waals surface area contributed by atoms with Gasteiger partial charge in [-0.25, -0.2) is 0 Å². The van der Waals surface area contributed by atoms with Crippen molar-refractivity contribution >= 4 is 56.5 Å². The minimum Gasteiger partial charge on any atom is -0.454 e. The van der Waals surface area contributed by atoms with Gasteiger partial charge in [0.05, 0.1) is 15.8 Å². The number of nitrogen functional groups attached to an aromatic ring is 2. The van der Waals surface area contributed by atoms with E-state index in [1.807, 2.05) is 0 Å². The first-order chi connectivity index (χ1) is 12.9. The van der Waals surface area contributed by atoms with Gasteiger partial charge in [-0.05, 0) is 48.5 Å². The second-order valence-electron chi connectivity index (χ2n) is 6.10. The molecule has 0 saturated heterocycles. The van der Waals surface area contributed by atoms with Gasteiger partial charge in [-0.15, -0.1) is 0 Å². The minimum absolute atomic E-state index is 0.224. The van der Waals surface area contributed by atoms with Crippen molar-refractivity contribution in [1.82, 2.24) is 0 Å². The van der Waals surface area contributed by atoms with Crippen LogP contribution < -0.4 is 22.2 Å². The van der Waals surface area contributed by atoms with E-state index in [0.717, 1.165) is 0 Å². The van der Waals surface area contributed by atoms with Gasteiger partial charge in [-0.1, -0.05) is 17.7 Å². The first-order valence-electron chi connectivity index (χ1n) is 8.05. The summed E-state index contributed by atoms with van der Waals surface area (Å²) in [6, 6.07) is 14.4. The van der Waals surface area contributed by atoms with Crippen molar-refractivity contribution in [2.24, 2.45) is 0 Å². The molecule has 0 saturated carbocycles. The highest BCUT2D eigenvalue weighted by atomic mass is 35.5. The number of amides is 1. The third-order valence-corrected chi connectivity index (χ3v) is 4.44. The summed E-state index contributed by atoms with van der Waals surface area (Å²) in [5.41, 5.74) is 13.5. The quantitative estimate of drug-likeness (QED) is 0.360. The second-order valence-corrected chi connectivity index (χ2v) is 6.51. The zero-order chi connectivity index (χ0) is 19.1. The van der Waals surface area contributed by atoms with Crippen LogP contribution in [0, 0.1) is 0 Å². The number of carbonyl (C=O) groups is 1. The molecule has 0 aliphatic rings. The summed E-state index contributed by atoms with van der Waals surface area (Å²) in [5.74, 6) is -0.387. The van der Waals surface area contributed by atoms with Gasteiger partial charge in [-0.2, -0.15) is 0 Å². The number of nitrogens with one attached hydrogen (secondary N) is 1. The van der Waals surface area contributed by atoms with Crippen molar-refractivity contribution in [2.75, 3.05) is 16.8 Å². The Morgan fingerprint density at radius 1 is 0.963 bits per heavy atom. The molecule has 4 rings (SSSR count). The van der Waals surface area contributed by atoms with Gasteiger partial charge in [0.2, 0.25) is 5.43 Å². The largest absolute Gasteiger partial charge is 0.454 e. The average Bonchev–Trinajstić information content (AvgIpc) is 2.62. The van der Waals surface area contributed by atoms with E-state index in [9.17, 15) is 9.59 Å². The second kappa shape index (κ2) is 6.34. The van der Waals surface area contributed by atoms with Gasteiger partial charge in [0.15, 0.2) is 5.58 Å². The molecule has 0 atom stereocenters. The summed E-state index contributed by atoms with van der Waals surface area (Å²) in [6.07, 6.45) is 0. The van der Waals surface area contributed by atoms with E-state index in [-0.39, 0.29) is 11.3 Å². The smallest absolute Gasteiger partial charge is 0.255 e. The van der Waals surface area contributed by atoms with Gasteiger partial charge in [-0.3, -0.25) is 9.59 Å². The Kier molecular flexibility index (Phi) is 3.97.